The maximum absolute atomic E-state index is 12.1. The average molecular weight is 272 g/mol. The van der Waals surface area contributed by atoms with E-state index in [4.69, 9.17) is 9.84 Å². The van der Waals surface area contributed by atoms with Gasteiger partial charge in [0.15, 0.2) is 0 Å². The van der Waals surface area contributed by atoms with Gasteiger partial charge in [0.05, 0.1) is 6.10 Å². The van der Waals surface area contributed by atoms with Crippen LogP contribution in [0.5, 0.6) is 0 Å². The topological polar surface area (TPSA) is 78.9 Å². The molecule has 0 aliphatic carbocycles. The Morgan fingerprint density at radius 2 is 2.05 bits per heavy atom. The summed E-state index contributed by atoms with van der Waals surface area (Å²) in [5, 5.41) is 11.7. The van der Waals surface area contributed by atoms with Crippen molar-refractivity contribution in [2.24, 2.45) is 5.92 Å². The Hall–Kier alpha value is -1.14. The fourth-order valence-corrected chi connectivity index (χ4v) is 2.19. The molecular formula is C13H24N2O4. The van der Waals surface area contributed by atoms with Crippen molar-refractivity contribution in [2.45, 2.75) is 32.8 Å². The summed E-state index contributed by atoms with van der Waals surface area (Å²) in [5.41, 5.74) is 0. The van der Waals surface area contributed by atoms with Gasteiger partial charge < -0.3 is 20.1 Å². The Morgan fingerprint density at radius 3 is 2.58 bits per heavy atom. The molecule has 0 spiro atoms. The number of amides is 1. The van der Waals surface area contributed by atoms with Crippen LogP contribution in [0.4, 0.5) is 0 Å². The maximum Gasteiger partial charge on any atom is 0.329 e. The van der Waals surface area contributed by atoms with Gasteiger partial charge in [-0.3, -0.25) is 4.79 Å². The van der Waals surface area contributed by atoms with Crippen LogP contribution in [-0.2, 0) is 14.3 Å². The molecule has 19 heavy (non-hydrogen) atoms. The Bertz CT molecular complexity index is 301. The van der Waals surface area contributed by atoms with E-state index in [0.29, 0.717) is 32.5 Å². The van der Waals surface area contributed by atoms with Crippen LogP contribution < -0.4 is 5.32 Å². The van der Waals surface area contributed by atoms with Crippen LogP contribution in [0.1, 0.15) is 26.7 Å². The van der Waals surface area contributed by atoms with E-state index in [9.17, 15) is 9.59 Å². The fraction of sp³-hybridized carbons (Fsp3) is 0.846. The van der Waals surface area contributed by atoms with Gasteiger partial charge in [-0.25, -0.2) is 4.79 Å². The molecule has 0 saturated carbocycles. The third-order valence-corrected chi connectivity index (χ3v) is 3.32. The summed E-state index contributed by atoms with van der Waals surface area (Å²) in [6.07, 6.45) is 1.39. The molecule has 0 aromatic carbocycles. The number of carboxylic acids is 1. The number of hydrogen-bond acceptors (Lipinski definition) is 4. The molecule has 0 radical (unpaired) electrons. The predicted molar refractivity (Wildman–Crippen MR) is 70.9 cm³/mol. The Kier molecular flexibility index (Phi) is 6.80. The van der Waals surface area contributed by atoms with Crippen LogP contribution >= 0.6 is 0 Å². The van der Waals surface area contributed by atoms with Gasteiger partial charge in [-0.2, -0.15) is 0 Å². The molecule has 1 unspecified atom stereocenters. The number of piperidine rings is 1. The molecule has 2 N–H and O–H groups in total. The summed E-state index contributed by atoms with van der Waals surface area (Å²) in [7, 11) is 0. The Labute approximate surface area is 114 Å². The lowest BCUT2D eigenvalue weighted by atomic mass is 10.0. The van der Waals surface area contributed by atoms with Gasteiger partial charge in [-0.15, -0.1) is 0 Å². The minimum Gasteiger partial charge on any atom is -0.480 e. The highest BCUT2D eigenvalue weighted by molar-refractivity contribution is 5.78. The van der Waals surface area contributed by atoms with Crippen molar-refractivity contribution in [3.05, 3.63) is 0 Å². The van der Waals surface area contributed by atoms with Crippen LogP contribution in [-0.4, -0.2) is 60.8 Å². The predicted octanol–water partition coefficient (Wildman–Crippen LogP) is 0.324. The molecule has 6 nitrogen and oxygen atoms in total. The molecule has 1 saturated heterocycles. The van der Waals surface area contributed by atoms with Crippen LogP contribution in [0.2, 0.25) is 0 Å². The van der Waals surface area contributed by atoms with E-state index >= 15 is 0 Å². The number of ether oxygens (including phenoxy) is 1. The van der Waals surface area contributed by atoms with Crippen LogP contribution in [0.15, 0.2) is 0 Å². The van der Waals surface area contributed by atoms with Gasteiger partial charge in [-0.05, 0) is 19.4 Å². The van der Waals surface area contributed by atoms with Crippen molar-refractivity contribution >= 4 is 11.9 Å². The van der Waals surface area contributed by atoms with Gasteiger partial charge in [0.1, 0.15) is 6.61 Å². The highest BCUT2D eigenvalue weighted by atomic mass is 16.5. The standard InChI is InChI=1S/C13H24N2O4/c1-3-14-8-10(2)13(18)15-6-4-11(5-7-15)19-9-12(16)17/h10-11,14H,3-9H2,1-2H3,(H,16,17). The summed E-state index contributed by atoms with van der Waals surface area (Å²) < 4.78 is 5.25. The zero-order valence-corrected chi connectivity index (χ0v) is 11.7. The van der Waals surface area contributed by atoms with Crippen LogP contribution in [0, 0.1) is 5.92 Å². The van der Waals surface area contributed by atoms with E-state index in [1.54, 1.807) is 0 Å². The SMILES string of the molecule is CCNCC(C)C(=O)N1CCC(OCC(=O)O)CC1. The van der Waals surface area contributed by atoms with Gasteiger partial charge >= 0.3 is 5.97 Å². The van der Waals surface area contributed by atoms with Gasteiger partial charge in [0.25, 0.3) is 0 Å². The minimum atomic E-state index is -0.947. The summed E-state index contributed by atoms with van der Waals surface area (Å²) in [6.45, 7) is 6.56. The molecule has 1 aliphatic rings. The lowest BCUT2D eigenvalue weighted by Gasteiger charge is -2.33. The molecule has 1 aliphatic heterocycles. The molecule has 1 heterocycles. The van der Waals surface area contributed by atoms with Crippen molar-refractivity contribution in [2.75, 3.05) is 32.8 Å². The highest BCUT2D eigenvalue weighted by Crippen LogP contribution is 2.15. The fourth-order valence-electron chi connectivity index (χ4n) is 2.19. The molecule has 0 aromatic rings. The highest BCUT2D eigenvalue weighted by Gasteiger charge is 2.26. The average Bonchev–Trinajstić information content (AvgIpc) is 2.42. The van der Waals surface area contributed by atoms with Crippen molar-refractivity contribution in [1.82, 2.24) is 10.2 Å². The third-order valence-electron chi connectivity index (χ3n) is 3.32. The van der Waals surface area contributed by atoms with E-state index in [-0.39, 0.29) is 24.5 Å². The molecule has 1 atom stereocenters. The van der Waals surface area contributed by atoms with Crippen molar-refractivity contribution in [1.29, 1.82) is 0 Å². The zero-order chi connectivity index (χ0) is 14.3. The summed E-state index contributed by atoms with van der Waals surface area (Å²) in [5.74, 6) is -0.799. The smallest absolute Gasteiger partial charge is 0.329 e. The van der Waals surface area contributed by atoms with Crippen molar-refractivity contribution in [3.8, 4) is 0 Å². The molecule has 1 fully saturated rings. The van der Waals surface area contributed by atoms with E-state index in [2.05, 4.69) is 5.32 Å². The van der Waals surface area contributed by atoms with E-state index in [1.165, 1.54) is 0 Å². The largest absolute Gasteiger partial charge is 0.480 e. The number of nitrogens with zero attached hydrogens (tertiary/aromatic N) is 1. The second-order valence-electron chi connectivity index (χ2n) is 4.94. The molecule has 0 bridgehead atoms. The number of rotatable bonds is 7. The number of carbonyl (C=O) groups excluding carboxylic acids is 1. The zero-order valence-electron chi connectivity index (χ0n) is 11.7. The van der Waals surface area contributed by atoms with Gasteiger partial charge in [0.2, 0.25) is 5.91 Å². The molecule has 110 valence electrons. The second kappa shape index (κ2) is 8.12. The Morgan fingerprint density at radius 1 is 1.42 bits per heavy atom. The first-order valence-electron chi connectivity index (χ1n) is 6.87. The van der Waals surface area contributed by atoms with E-state index in [0.717, 1.165) is 6.54 Å². The minimum absolute atomic E-state index is 0.0172. The lowest BCUT2D eigenvalue weighted by molar-refractivity contribution is -0.147. The number of aliphatic carboxylic acids is 1. The lowest BCUT2D eigenvalue weighted by Crippen LogP contribution is -2.45. The number of carbonyl (C=O) groups is 2. The molecule has 1 rings (SSSR count). The molecule has 1 amide bonds. The summed E-state index contributed by atoms with van der Waals surface area (Å²) >= 11 is 0. The third kappa shape index (κ3) is 5.57. The van der Waals surface area contributed by atoms with Crippen molar-refractivity contribution < 1.29 is 19.4 Å². The first-order valence-corrected chi connectivity index (χ1v) is 6.87. The Balaban J connectivity index is 2.28. The van der Waals surface area contributed by atoms with Gasteiger partial charge in [-0.1, -0.05) is 13.8 Å². The van der Waals surface area contributed by atoms with Gasteiger partial charge in [0, 0.05) is 25.6 Å². The molecule has 0 aromatic heterocycles. The number of likely N-dealkylation sites (tertiary alicyclic amines) is 1. The first kappa shape index (κ1) is 15.9. The summed E-state index contributed by atoms with van der Waals surface area (Å²) in [6, 6.07) is 0. The first-order chi connectivity index (χ1) is 9.04. The summed E-state index contributed by atoms with van der Waals surface area (Å²) in [4.78, 5) is 24.4. The number of hydrogen-bond donors (Lipinski definition) is 2. The quantitative estimate of drug-likeness (QED) is 0.698. The van der Waals surface area contributed by atoms with Crippen LogP contribution in [0.3, 0.4) is 0 Å². The second-order valence-corrected chi connectivity index (χ2v) is 4.94. The molecule has 6 heteroatoms. The van der Waals surface area contributed by atoms with Crippen LogP contribution in [0.25, 0.3) is 0 Å². The normalized spacial score (nSPS) is 18.3. The van der Waals surface area contributed by atoms with E-state index in [1.807, 2.05) is 18.7 Å². The number of nitrogens with one attached hydrogen (secondary N) is 1. The number of carboxylic acid groups (broad SMARTS) is 1. The molecular weight excluding hydrogens is 248 g/mol. The monoisotopic (exact) mass is 272 g/mol. The van der Waals surface area contributed by atoms with Crippen molar-refractivity contribution in [3.63, 3.8) is 0 Å². The maximum atomic E-state index is 12.1. The van der Waals surface area contributed by atoms with E-state index < -0.39 is 5.97 Å².